The van der Waals surface area contributed by atoms with E-state index in [0.29, 0.717) is 0 Å². The Morgan fingerprint density at radius 3 is 2.20 bits per heavy atom. The van der Waals surface area contributed by atoms with E-state index in [1.54, 1.807) is 14.2 Å². The molecule has 0 aliphatic rings. The smallest absolute Gasteiger partial charge is 0.119 e. The van der Waals surface area contributed by atoms with Crippen LogP contribution in [0.2, 0.25) is 0 Å². The van der Waals surface area contributed by atoms with Crippen LogP contribution in [0.5, 0.6) is 11.5 Å². The van der Waals surface area contributed by atoms with Crippen LogP contribution in [0.1, 0.15) is 17.2 Å². The van der Waals surface area contributed by atoms with Gasteiger partial charge in [-0.1, -0.05) is 28.1 Å². The van der Waals surface area contributed by atoms with E-state index in [1.165, 1.54) is 0 Å². The highest BCUT2D eigenvalue weighted by molar-refractivity contribution is 9.10. The van der Waals surface area contributed by atoms with Crippen molar-refractivity contribution < 1.29 is 9.47 Å². The maximum absolute atomic E-state index is 6.28. The zero-order chi connectivity index (χ0) is 14.5. The fourth-order valence-electron chi connectivity index (χ4n) is 2.04. The van der Waals surface area contributed by atoms with Crippen molar-refractivity contribution in [3.8, 4) is 11.5 Å². The Morgan fingerprint density at radius 2 is 1.60 bits per heavy atom. The average Bonchev–Trinajstić information content (AvgIpc) is 2.49. The standard InChI is InChI=1S/C16H18BrNO2/c1-19-13-5-3-11(4-6-13)16(18)10-12-9-14(20-2)7-8-15(12)17/h3-9,16H,10,18H2,1-2H3. The van der Waals surface area contributed by atoms with Crippen molar-refractivity contribution in [2.75, 3.05) is 14.2 Å². The summed E-state index contributed by atoms with van der Waals surface area (Å²) in [5, 5.41) is 0. The Hall–Kier alpha value is -1.52. The molecule has 0 heterocycles. The van der Waals surface area contributed by atoms with E-state index in [2.05, 4.69) is 15.9 Å². The molecule has 1 atom stereocenters. The fraction of sp³-hybridized carbons (Fsp3) is 0.250. The van der Waals surface area contributed by atoms with Crippen LogP contribution >= 0.6 is 15.9 Å². The molecule has 0 fully saturated rings. The number of benzene rings is 2. The summed E-state index contributed by atoms with van der Waals surface area (Å²) in [6.07, 6.45) is 0.740. The quantitative estimate of drug-likeness (QED) is 0.905. The summed E-state index contributed by atoms with van der Waals surface area (Å²) >= 11 is 3.55. The number of ether oxygens (including phenoxy) is 2. The number of hydrogen-bond donors (Lipinski definition) is 1. The summed E-state index contributed by atoms with van der Waals surface area (Å²) < 4.78 is 11.4. The first-order valence-electron chi connectivity index (χ1n) is 6.36. The van der Waals surface area contributed by atoms with Gasteiger partial charge in [0.05, 0.1) is 14.2 Å². The van der Waals surface area contributed by atoms with Crippen molar-refractivity contribution in [2.45, 2.75) is 12.5 Å². The predicted octanol–water partition coefficient (Wildman–Crippen LogP) is 3.71. The second-order valence-corrected chi connectivity index (χ2v) is 5.40. The molecule has 0 bridgehead atoms. The molecule has 2 rings (SSSR count). The van der Waals surface area contributed by atoms with Gasteiger partial charge in [-0.15, -0.1) is 0 Å². The number of halogens is 1. The van der Waals surface area contributed by atoms with Crippen LogP contribution < -0.4 is 15.2 Å². The molecule has 4 heteroatoms. The summed E-state index contributed by atoms with van der Waals surface area (Å²) in [6.45, 7) is 0. The summed E-state index contributed by atoms with van der Waals surface area (Å²) in [6, 6.07) is 13.7. The zero-order valence-electron chi connectivity index (χ0n) is 11.6. The van der Waals surface area contributed by atoms with Crippen LogP contribution in [0.15, 0.2) is 46.9 Å². The molecular weight excluding hydrogens is 318 g/mol. The van der Waals surface area contributed by atoms with Gasteiger partial charge in [0.15, 0.2) is 0 Å². The maximum atomic E-state index is 6.28. The van der Waals surface area contributed by atoms with Crippen molar-refractivity contribution in [3.63, 3.8) is 0 Å². The van der Waals surface area contributed by atoms with Crippen molar-refractivity contribution in [1.82, 2.24) is 0 Å². The molecule has 2 aromatic carbocycles. The molecule has 0 aliphatic heterocycles. The van der Waals surface area contributed by atoms with E-state index < -0.39 is 0 Å². The summed E-state index contributed by atoms with van der Waals surface area (Å²) in [5.74, 6) is 1.67. The first kappa shape index (κ1) is 14.9. The molecule has 0 saturated heterocycles. The summed E-state index contributed by atoms with van der Waals surface area (Å²) in [5.41, 5.74) is 8.49. The molecule has 0 amide bonds. The van der Waals surface area contributed by atoms with Gasteiger partial charge in [0, 0.05) is 10.5 Å². The molecule has 2 aromatic rings. The minimum atomic E-state index is -0.0655. The Balaban J connectivity index is 2.15. The largest absolute Gasteiger partial charge is 0.497 e. The number of rotatable bonds is 5. The Morgan fingerprint density at radius 1 is 1.00 bits per heavy atom. The van der Waals surface area contributed by atoms with Crippen LogP contribution in [0.25, 0.3) is 0 Å². The van der Waals surface area contributed by atoms with Crippen LogP contribution in [-0.4, -0.2) is 14.2 Å². The SMILES string of the molecule is COc1ccc(C(N)Cc2cc(OC)ccc2Br)cc1. The lowest BCUT2D eigenvalue weighted by molar-refractivity contribution is 0.414. The second-order valence-electron chi connectivity index (χ2n) is 4.54. The lowest BCUT2D eigenvalue weighted by atomic mass is 9.99. The van der Waals surface area contributed by atoms with Crippen molar-refractivity contribution in [1.29, 1.82) is 0 Å². The van der Waals surface area contributed by atoms with E-state index >= 15 is 0 Å². The molecule has 106 valence electrons. The minimum absolute atomic E-state index is 0.0655. The van der Waals surface area contributed by atoms with E-state index in [0.717, 1.165) is 33.5 Å². The molecule has 1 unspecified atom stereocenters. The van der Waals surface area contributed by atoms with Crippen LogP contribution in [-0.2, 0) is 6.42 Å². The van der Waals surface area contributed by atoms with Gasteiger partial charge >= 0.3 is 0 Å². The van der Waals surface area contributed by atoms with E-state index in [1.807, 2.05) is 42.5 Å². The third-order valence-corrected chi connectivity index (χ3v) is 4.01. The van der Waals surface area contributed by atoms with Crippen LogP contribution in [0.3, 0.4) is 0 Å². The highest BCUT2D eigenvalue weighted by Crippen LogP contribution is 2.27. The first-order chi connectivity index (χ1) is 9.63. The van der Waals surface area contributed by atoms with Crippen LogP contribution in [0, 0.1) is 0 Å². The van der Waals surface area contributed by atoms with Crippen molar-refractivity contribution in [3.05, 3.63) is 58.1 Å². The monoisotopic (exact) mass is 335 g/mol. The molecule has 0 radical (unpaired) electrons. The Bertz CT molecular complexity index is 569. The molecule has 0 aromatic heterocycles. The third kappa shape index (κ3) is 3.52. The second kappa shape index (κ2) is 6.77. The minimum Gasteiger partial charge on any atom is -0.497 e. The Labute approximate surface area is 127 Å². The Kier molecular flexibility index (Phi) is 5.04. The molecule has 0 saturated carbocycles. The zero-order valence-corrected chi connectivity index (χ0v) is 13.2. The molecule has 3 nitrogen and oxygen atoms in total. The lowest BCUT2D eigenvalue weighted by Gasteiger charge is -2.14. The molecule has 0 aliphatic carbocycles. The van der Waals surface area contributed by atoms with Gasteiger partial charge in [-0.3, -0.25) is 0 Å². The molecular formula is C16H18BrNO2. The van der Waals surface area contributed by atoms with Gasteiger partial charge in [0.1, 0.15) is 11.5 Å². The van der Waals surface area contributed by atoms with Gasteiger partial charge in [0.2, 0.25) is 0 Å². The van der Waals surface area contributed by atoms with Gasteiger partial charge < -0.3 is 15.2 Å². The van der Waals surface area contributed by atoms with Crippen molar-refractivity contribution in [2.24, 2.45) is 5.73 Å². The van der Waals surface area contributed by atoms with Crippen LogP contribution in [0.4, 0.5) is 0 Å². The summed E-state index contributed by atoms with van der Waals surface area (Å²) in [7, 11) is 3.32. The van der Waals surface area contributed by atoms with E-state index in [9.17, 15) is 0 Å². The molecule has 2 N–H and O–H groups in total. The number of nitrogens with two attached hydrogens (primary N) is 1. The number of methoxy groups -OCH3 is 2. The third-order valence-electron chi connectivity index (χ3n) is 3.24. The van der Waals surface area contributed by atoms with E-state index in [-0.39, 0.29) is 6.04 Å². The van der Waals surface area contributed by atoms with Gasteiger partial charge in [-0.2, -0.15) is 0 Å². The van der Waals surface area contributed by atoms with Gasteiger partial charge in [0.25, 0.3) is 0 Å². The lowest BCUT2D eigenvalue weighted by Crippen LogP contribution is -2.13. The predicted molar refractivity (Wildman–Crippen MR) is 84.3 cm³/mol. The highest BCUT2D eigenvalue weighted by atomic mass is 79.9. The normalized spacial score (nSPS) is 12.0. The van der Waals surface area contributed by atoms with Crippen molar-refractivity contribution >= 4 is 15.9 Å². The maximum Gasteiger partial charge on any atom is 0.119 e. The molecule has 0 spiro atoms. The molecule has 20 heavy (non-hydrogen) atoms. The fourth-order valence-corrected chi connectivity index (χ4v) is 2.45. The first-order valence-corrected chi connectivity index (χ1v) is 7.15. The highest BCUT2D eigenvalue weighted by Gasteiger charge is 2.10. The number of hydrogen-bond acceptors (Lipinski definition) is 3. The topological polar surface area (TPSA) is 44.5 Å². The van der Waals surface area contributed by atoms with E-state index in [4.69, 9.17) is 15.2 Å². The summed E-state index contributed by atoms with van der Waals surface area (Å²) in [4.78, 5) is 0. The van der Waals surface area contributed by atoms with Gasteiger partial charge in [-0.05, 0) is 47.9 Å². The van der Waals surface area contributed by atoms with Gasteiger partial charge in [-0.25, -0.2) is 0 Å². The average molecular weight is 336 g/mol.